The summed E-state index contributed by atoms with van der Waals surface area (Å²) in [5.41, 5.74) is 1.66. The van der Waals surface area contributed by atoms with E-state index in [4.69, 9.17) is 5.11 Å². The number of aryl methyl sites for hydroxylation is 1. The molecule has 21 heavy (non-hydrogen) atoms. The molecule has 2 amide bonds. The maximum absolute atomic E-state index is 12.4. The van der Waals surface area contributed by atoms with Crippen LogP contribution in [0, 0.1) is 6.92 Å². The number of carbonyl (C=O) groups is 3. The van der Waals surface area contributed by atoms with Crippen molar-refractivity contribution in [2.24, 2.45) is 0 Å². The second-order valence-corrected chi connectivity index (χ2v) is 4.89. The molecule has 0 bridgehead atoms. The minimum Gasteiger partial charge on any atom is -0.481 e. The van der Waals surface area contributed by atoms with Crippen LogP contribution in [0.15, 0.2) is 24.3 Å². The van der Waals surface area contributed by atoms with Crippen LogP contribution in [0.4, 0.5) is 5.69 Å². The molecule has 6 heteroatoms. The van der Waals surface area contributed by atoms with E-state index in [2.05, 4.69) is 5.32 Å². The van der Waals surface area contributed by atoms with E-state index in [0.717, 1.165) is 5.56 Å². The third-order valence-corrected chi connectivity index (χ3v) is 2.95. The molecule has 0 saturated heterocycles. The first-order valence-corrected chi connectivity index (χ1v) is 6.68. The first-order chi connectivity index (χ1) is 9.81. The molecule has 0 spiro atoms. The van der Waals surface area contributed by atoms with Crippen LogP contribution in [0.1, 0.15) is 25.8 Å². The van der Waals surface area contributed by atoms with Crippen molar-refractivity contribution in [1.29, 1.82) is 0 Å². The lowest BCUT2D eigenvalue weighted by atomic mass is 10.2. The van der Waals surface area contributed by atoms with E-state index >= 15 is 0 Å². The maximum Gasteiger partial charge on any atom is 0.305 e. The van der Waals surface area contributed by atoms with Crippen LogP contribution in [-0.2, 0) is 14.4 Å². The number of amides is 2. The molecule has 0 aliphatic heterocycles. The second kappa shape index (κ2) is 7.42. The fourth-order valence-electron chi connectivity index (χ4n) is 1.90. The van der Waals surface area contributed by atoms with Crippen molar-refractivity contribution >= 4 is 23.5 Å². The summed E-state index contributed by atoms with van der Waals surface area (Å²) < 4.78 is 0. The average Bonchev–Trinajstić information content (AvgIpc) is 2.39. The number of hydrogen-bond acceptors (Lipinski definition) is 3. The van der Waals surface area contributed by atoms with E-state index in [1.54, 1.807) is 19.1 Å². The molecular formula is C15H20N2O4. The van der Waals surface area contributed by atoms with Gasteiger partial charge in [-0.05, 0) is 26.0 Å². The average molecular weight is 292 g/mol. The highest BCUT2D eigenvalue weighted by molar-refractivity contribution is 5.99. The number of rotatable bonds is 6. The Hall–Kier alpha value is -2.37. The van der Waals surface area contributed by atoms with Crippen LogP contribution in [0.2, 0.25) is 0 Å². The highest BCUT2D eigenvalue weighted by atomic mass is 16.4. The second-order valence-electron chi connectivity index (χ2n) is 4.89. The van der Waals surface area contributed by atoms with Gasteiger partial charge in [0.1, 0.15) is 6.04 Å². The number of aliphatic carboxylic acids is 1. The van der Waals surface area contributed by atoms with Crippen molar-refractivity contribution in [2.75, 3.05) is 11.4 Å². The van der Waals surface area contributed by atoms with Crippen molar-refractivity contribution < 1.29 is 19.5 Å². The van der Waals surface area contributed by atoms with Gasteiger partial charge in [-0.25, -0.2) is 0 Å². The Labute approximate surface area is 123 Å². The summed E-state index contributed by atoms with van der Waals surface area (Å²) in [5, 5.41) is 11.3. The largest absolute Gasteiger partial charge is 0.481 e. The van der Waals surface area contributed by atoms with Gasteiger partial charge >= 0.3 is 5.97 Å². The Morgan fingerprint density at radius 2 is 1.81 bits per heavy atom. The molecule has 2 N–H and O–H groups in total. The molecule has 1 aromatic carbocycles. The molecule has 114 valence electrons. The number of carboxylic acids is 1. The van der Waals surface area contributed by atoms with Gasteiger partial charge in [-0.3, -0.25) is 14.4 Å². The van der Waals surface area contributed by atoms with Gasteiger partial charge in [0.05, 0.1) is 6.42 Å². The van der Waals surface area contributed by atoms with Crippen LogP contribution in [-0.4, -0.2) is 35.5 Å². The number of anilines is 1. The van der Waals surface area contributed by atoms with Gasteiger partial charge in [-0.15, -0.1) is 0 Å². The summed E-state index contributed by atoms with van der Waals surface area (Å²) in [6.45, 7) is 4.89. The summed E-state index contributed by atoms with van der Waals surface area (Å²) >= 11 is 0. The van der Waals surface area contributed by atoms with Crippen molar-refractivity contribution in [3.63, 3.8) is 0 Å². The summed E-state index contributed by atoms with van der Waals surface area (Å²) in [6.07, 6.45) is -0.160. The Morgan fingerprint density at radius 1 is 1.24 bits per heavy atom. The van der Waals surface area contributed by atoms with Crippen molar-refractivity contribution in [3.05, 3.63) is 29.8 Å². The molecule has 0 fully saturated rings. The Balaban J connectivity index is 2.95. The summed E-state index contributed by atoms with van der Waals surface area (Å²) in [4.78, 5) is 35.6. The molecule has 0 aliphatic carbocycles. The zero-order chi connectivity index (χ0) is 16.0. The number of carbonyl (C=O) groups excluding carboxylic acids is 2. The lowest BCUT2D eigenvalue weighted by molar-refractivity contribution is -0.136. The smallest absolute Gasteiger partial charge is 0.305 e. The summed E-state index contributed by atoms with van der Waals surface area (Å²) in [5.74, 6) is -1.62. The Morgan fingerprint density at radius 3 is 2.29 bits per heavy atom. The predicted molar refractivity (Wildman–Crippen MR) is 79.1 cm³/mol. The maximum atomic E-state index is 12.4. The molecule has 0 radical (unpaired) electrons. The van der Waals surface area contributed by atoms with Crippen LogP contribution < -0.4 is 10.2 Å². The SMILES string of the molecule is CC(=O)NC(C)C(=O)N(CCC(=O)O)c1ccc(C)cc1. The third-order valence-electron chi connectivity index (χ3n) is 2.95. The molecule has 0 aliphatic rings. The van der Waals surface area contributed by atoms with Crippen molar-refractivity contribution in [3.8, 4) is 0 Å². The number of nitrogens with one attached hydrogen (secondary N) is 1. The van der Waals surface area contributed by atoms with Gasteiger partial charge in [0.25, 0.3) is 0 Å². The minimum atomic E-state index is -0.980. The molecule has 0 aromatic heterocycles. The molecule has 1 rings (SSSR count). The third kappa shape index (κ3) is 5.25. The Kier molecular flexibility index (Phi) is 5.90. The number of benzene rings is 1. The quantitative estimate of drug-likeness (QED) is 0.828. The first-order valence-electron chi connectivity index (χ1n) is 6.68. The van der Waals surface area contributed by atoms with Gasteiger partial charge in [0.2, 0.25) is 11.8 Å². The fraction of sp³-hybridized carbons (Fsp3) is 0.400. The number of carboxylic acid groups (broad SMARTS) is 1. The predicted octanol–water partition coefficient (Wildman–Crippen LogP) is 1.33. The minimum absolute atomic E-state index is 0.0567. The van der Waals surface area contributed by atoms with E-state index in [9.17, 15) is 14.4 Å². The molecular weight excluding hydrogens is 272 g/mol. The van der Waals surface area contributed by atoms with Crippen molar-refractivity contribution in [1.82, 2.24) is 5.32 Å². The van der Waals surface area contributed by atoms with Crippen LogP contribution in [0.5, 0.6) is 0 Å². The van der Waals surface area contributed by atoms with E-state index in [-0.39, 0.29) is 24.8 Å². The van der Waals surface area contributed by atoms with Gasteiger partial charge in [-0.2, -0.15) is 0 Å². The van der Waals surface area contributed by atoms with Crippen LogP contribution in [0.3, 0.4) is 0 Å². The summed E-state index contributed by atoms with van der Waals surface area (Å²) in [6, 6.07) is 6.50. The van der Waals surface area contributed by atoms with E-state index < -0.39 is 12.0 Å². The molecule has 1 aromatic rings. The first kappa shape index (κ1) is 16.7. The highest BCUT2D eigenvalue weighted by Gasteiger charge is 2.23. The molecule has 1 atom stereocenters. The molecule has 1 unspecified atom stereocenters. The van der Waals surface area contributed by atoms with E-state index in [1.165, 1.54) is 11.8 Å². The standard InChI is InChI=1S/C15H20N2O4/c1-10-4-6-13(7-5-10)17(9-8-14(19)20)15(21)11(2)16-12(3)18/h4-7,11H,8-9H2,1-3H3,(H,16,18)(H,19,20). The molecule has 6 nitrogen and oxygen atoms in total. The Bertz CT molecular complexity index is 525. The highest BCUT2D eigenvalue weighted by Crippen LogP contribution is 2.17. The monoisotopic (exact) mass is 292 g/mol. The van der Waals surface area contributed by atoms with Gasteiger partial charge < -0.3 is 15.3 Å². The lowest BCUT2D eigenvalue weighted by Gasteiger charge is -2.25. The number of nitrogens with zero attached hydrogens (tertiary/aromatic N) is 1. The van der Waals surface area contributed by atoms with Gasteiger partial charge in [-0.1, -0.05) is 17.7 Å². The topological polar surface area (TPSA) is 86.7 Å². The van der Waals surface area contributed by atoms with Crippen LogP contribution in [0.25, 0.3) is 0 Å². The molecule has 0 heterocycles. The van der Waals surface area contributed by atoms with E-state index in [0.29, 0.717) is 5.69 Å². The molecule has 0 saturated carbocycles. The summed E-state index contributed by atoms with van der Waals surface area (Å²) in [7, 11) is 0. The zero-order valence-electron chi connectivity index (χ0n) is 12.4. The van der Waals surface area contributed by atoms with Gasteiger partial charge in [0, 0.05) is 19.2 Å². The van der Waals surface area contributed by atoms with Crippen LogP contribution >= 0.6 is 0 Å². The zero-order valence-corrected chi connectivity index (χ0v) is 12.4. The lowest BCUT2D eigenvalue weighted by Crippen LogP contribution is -2.47. The van der Waals surface area contributed by atoms with E-state index in [1.807, 2.05) is 19.1 Å². The number of hydrogen-bond donors (Lipinski definition) is 2. The van der Waals surface area contributed by atoms with Crippen molar-refractivity contribution in [2.45, 2.75) is 33.2 Å². The fourth-order valence-corrected chi connectivity index (χ4v) is 1.90. The van der Waals surface area contributed by atoms with Gasteiger partial charge in [0.15, 0.2) is 0 Å². The normalized spacial score (nSPS) is 11.6.